The Morgan fingerprint density at radius 2 is 2.16 bits per heavy atom. The maximum absolute atomic E-state index is 13.4. The predicted octanol–water partition coefficient (Wildman–Crippen LogP) is 2.83. The Morgan fingerprint density at radius 3 is 2.89 bits per heavy atom. The summed E-state index contributed by atoms with van der Waals surface area (Å²) < 4.78 is 19.0. The van der Waals surface area contributed by atoms with E-state index in [4.69, 9.17) is 4.74 Å². The monoisotopic (exact) mass is 260 g/mol. The SMILES string of the molecule is CNCc1cc(F)cc(OCc2ncccc2C)c1. The summed E-state index contributed by atoms with van der Waals surface area (Å²) in [5, 5.41) is 2.99. The molecule has 1 N–H and O–H groups in total. The molecule has 0 saturated heterocycles. The molecule has 100 valence electrons. The zero-order valence-electron chi connectivity index (χ0n) is 11.1. The summed E-state index contributed by atoms with van der Waals surface area (Å²) in [6, 6.07) is 8.57. The van der Waals surface area contributed by atoms with Gasteiger partial charge in [-0.05, 0) is 43.3 Å². The molecule has 0 saturated carbocycles. The number of nitrogens with zero attached hydrogens (tertiary/aromatic N) is 1. The van der Waals surface area contributed by atoms with Crippen LogP contribution in [-0.4, -0.2) is 12.0 Å². The number of hydrogen-bond donors (Lipinski definition) is 1. The van der Waals surface area contributed by atoms with Gasteiger partial charge in [0.2, 0.25) is 0 Å². The molecule has 0 bridgehead atoms. The summed E-state index contributed by atoms with van der Waals surface area (Å²) in [7, 11) is 1.82. The Bertz CT molecular complexity index is 558. The summed E-state index contributed by atoms with van der Waals surface area (Å²) in [6.45, 7) is 2.93. The van der Waals surface area contributed by atoms with Crippen LogP contribution in [0, 0.1) is 12.7 Å². The van der Waals surface area contributed by atoms with Crippen LogP contribution in [0.3, 0.4) is 0 Å². The van der Waals surface area contributed by atoms with Crippen LogP contribution in [0.1, 0.15) is 16.8 Å². The van der Waals surface area contributed by atoms with E-state index in [1.54, 1.807) is 6.20 Å². The Labute approximate surface area is 112 Å². The molecule has 0 aliphatic heterocycles. The summed E-state index contributed by atoms with van der Waals surface area (Å²) in [5.74, 6) is 0.232. The van der Waals surface area contributed by atoms with Gasteiger partial charge in [-0.2, -0.15) is 0 Å². The van der Waals surface area contributed by atoms with Crippen LogP contribution in [0.2, 0.25) is 0 Å². The van der Waals surface area contributed by atoms with Crippen molar-refractivity contribution in [1.29, 1.82) is 0 Å². The van der Waals surface area contributed by atoms with Gasteiger partial charge in [-0.15, -0.1) is 0 Å². The fourth-order valence-corrected chi connectivity index (χ4v) is 1.83. The number of hydrogen-bond acceptors (Lipinski definition) is 3. The molecule has 0 radical (unpaired) electrons. The Morgan fingerprint density at radius 1 is 1.32 bits per heavy atom. The molecule has 0 aliphatic rings. The van der Waals surface area contributed by atoms with E-state index < -0.39 is 0 Å². The lowest BCUT2D eigenvalue weighted by Gasteiger charge is -2.09. The molecule has 0 aliphatic carbocycles. The number of ether oxygens (including phenoxy) is 1. The van der Waals surface area contributed by atoms with Crippen molar-refractivity contribution in [3.63, 3.8) is 0 Å². The number of rotatable bonds is 5. The number of pyridine rings is 1. The minimum Gasteiger partial charge on any atom is -0.487 e. The second kappa shape index (κ2) is 6.29. The fraction of sp³-hybridized carbons (Fsp3) is 0.267. The van der Waals surface area contributed by atoms with Crippen LogP contribution >= 0.6 is 0 Å². The van der Waals surface area contributed by atoms with Crippen molar-refractivity contribution in [2.45, 2.75) is 20.1 Å². The second-order valence-electron chi connectivity index (χ2n) is 4.38. The molecule has 0 amide bonds. The van der Waals surface area contributed by atoms with Gasteiger partial charge in [-0.1, -0.05) is 6.07 Å². The van der Waals surface area contributed by atoms with Crippen molar-refractivity contribution in [3.05, 3.63) is 59.2 Å². The minimum atomic E-state index is -0.291. The summed E-state index contributed by atoms with van der Waals surface area (Å²) in [5.41, 5.74) is 2.78. The number of nitrogens with one attached hydrogen (secondary N) is 1. The van der Waals surface area contributed by atoms with Gasteiger partial charge in [0.05, 0.1) is 5.69 Å². The Hall–Kier alpha value is -1.94. The topological polar surface area (TPSA) is 34.1 Å². The maximum Gasteiger partial charge on any atom is 0.130 e. The van der Waals surface area contributed by atoms with Crippen molar-refractivity contribution in [3.8, 4) is 5.75 Å². The minimum absolute atomic E-state index is 0.291. The fourth-order valence-electron chi connectivity index (χ4n) is 1.83. The number of aromatic nitrogens is 1. The normalized spacial score (nSPS) is 10.5. The van der Waals surface area contributed by atoms with Gasteiger partial charge < -0.3 is 10.1 Å². The average Bonchev–Trinajstić information content (AvgIpc) is 2.37. The molecule has 0 atom stereocenters. The molecule has 2 rings (SSSR count). The third kappa shape index (κ3) is 3.76. The summed E-state index contributed by atoms with van der Waals surface area (Å²) >= 11 is 0. The van der Waals surface area contributed by atoms with Crippen LogP contribution in [0.15, 0.2) is 36.5 Å². The standard InChI is InChI=1S/C15H17FN2O/c1-11-4-3-5-18-15(11)10-19-14-7-12(9-17-2)6-13(16)8-14/h3-8,17H,9-10H2,1-2H3. The lowest BCUT2D eigenvalue weighted by atomic mass is 10.2. The molecule has 0 fully saturated rings. The predicted molar refractivity (Wildman–Crippen MR) is 72.5 cm³/mol. The third-order valence-corrected chi connectivity index (χ3v) is 2.81. The van der Waals surface area contributed by atoms with Crippen LogP contribution < -0.4 is 10.1 Å². The van der Waals surface area contributed by atoms with Gasteiger partial charge in [0.25, 0.3) is 0 Å². The van der Waals surface area contributed by atoms with Crippen LogP contribution in [0.25, 0.3) is 0 Å². The van der Waals surface area contributed by atoms with Gasteiger partial charge in [0.1, 0.15) is 18.2 Å². The third-order valence-electron chi connectivity index (χ3n) is 2.81. The van der Waals surface area contributed by atoms with Crippen LogP contribution in [0.4, 0.5) is 4.39 Å². The van der Waals surface area contributed by atoms with Crippen molar-refractivity contribution in [2.75, 3.05) is 7.05 Å². The average molecular weight is 260 g/mol. The molecular weight excluding hydrogens is 243 g/mol. The van der Waals surface area contributed by atoms with E-state index in [9.17, 15) is 4.39 Å². The van der Waals surface area contributed by atoms with Gasteiger partial charge >= 0.3 is 0 Å². The van der Waals surface area contributed by atoms with E-state index in [-0.39, 0.29) is 5.82 Å². The van der Waals surface area contributed by atoms with E-state index in [2.05, 4.69) is 10.3 Å². The summed E-state index contributed by atoms with van der Waals surface area (Å²) in [4.78, 5) is 4.24. The first kappa shape index (κ1) is 13.5. The molecule has 1 aromatic heterocycles. The highest BCUT2D eigenvalue weighted by atomic mass is 19.1. The van der Waals surface area contributed by atoms with Gasteiger partial charge in [0, 0.05) is 18.8 Å². The van der Waals surface area contributed by atoms with E-state index in [0.29, 0.717) is 18.9 Å². The van der Waals surface area contributed by atoms with Crippen molar-refractivity contribution < 1.29 is 9.13 Å². The number of halogens is 1. The van der Waals surface area contributed by atoms with Gasteiger partial charge in [0.15, 0.2) is 0 Å². The van der Waals surface area contributed by atoms with Crippen molar-refractivity contribution >= 4 is 0 Å². The Balaban J connectivity index is 2.09. The van der Waals surface area contributed by atoms with E-state index >= 15 is 0 Å². The lowest BCUT2D eigenvalue weighted by Crippen LogP contribution is -2.06. The van der Waals surface area contributed by atoms with Crippen LogP contribution in [-0.2, 0) is 13.2 Å². The van der Waals surface area contributed by atoms with E-state index in [1.807, 2.05) is 32.2 Å². The van der Waals surface area contributed by atoms with Crippen molar-refractivity contribution in [2.24, 2.45) is 0 Å². The number of benzene rings is 1. The first-order chi connectivity index (χ1) is 9.19. The van der Waals surface area contributed by atoms with Crippen molar-refractivity contribution in [1.82, 2.24) is 10.3 Å². The first-order valence-corrected chi connectivity index (χ1v) is 6.16. The number of aryl methyl sites for hydroxylation is 1. The van der Waals surface area contributed by atoms with Gasteiger partial charge in [-0.25, -0.2) is 4.39 Å². The molecule has 0 unspecified atom stereocenters. The maximum atomic E-state index is 13.4. The largest absolute Gasteiger partial charge is 0.487 e. The second-order valence-corrected chi connectivity index (χ2v) is 4.38. The Kier molecular flexibility index (Phi) is 4.47. The smallest absolute Gasteiger partial charge is 0.130 e. The highest BCUT2D eigenvalue weighted by Gasteiger charge is 2.04. The molecule has 19 heavy (non-hydrogen) atoms. The molecule has 1 heterocycles. The summed E-state index contributed by atoms with van der Waals surface area (Å²) in [6.07, 6.45) is 1.73. The molecule has 4 heteroatoms. The zero-order valence-corrected chi connectivity index (χ0v) is 11.1. The highest BCUT2D eigenvalue weighted by Crippen LogP contribution is 2.18. The molecular formula is C15H17FN2O. The van der Waals surface area contributed by atoms with E-state index in [1.165, 1.54) is 12.1 Å². The highest BCUT2D eigenvalue weighted by molar-refractivity contribution is 5.30. The van der Waals surface area contributed by atoms with E-state index in [0.717, 1.165) is 16.8 Å². The first-order valence-electron chi connectivity index (χ1n) is 6.16. The lowest BCUT2D eigenvalue weighted by molar-refractivity contribution is 0.298. The van der Waals surface area contributed by atoms with Crippen LogP contribution in [0.5, 0.6) is 5.75 Å². The molecule has 2 aromatic rings. The molecule has 3 nitrogen and oxygen atoms in total. The quantitative estimate of drug-likeness (QED) is 0.897. The van der Waals surface area contributed by atoms with Gasteiger partial charge in [-0.3, -0.25) is 4.98 Å². The zero-order chi connectivity index (χ0) is 13.7. The molecule has 0 spiro atoms. The molecule has 1 aromatic carbocycles.